The number of hydrogen-bond acceptors (Lipinski definition) is 4. The summed E-state index contributed by atoms with van der Waals surface area (Å²) in [7, 11) is 0. The van der Waals surface area contributed by atoms with Crippen LogP contribution in [0.1, 0.15) is 24.2 Å². The third-order valence-corrected chi connectivity index (χ3v) is 3.28. The summed E-state index contributed by atoms with van der Waals surface area (Å²) in [5.74, 6) is -0.325. The lowest BCUT2D eigenvalue weighted by molar-refractivity contribution is 0.180. The molecule has 0 atom stereocenters. The van der Waals surface area contributed by atoms with Gasteiger partial charge in [-0.25, -0.2) is 9.37 Å². The zero-order chi connectivity index (χ0) is 13.4. The highest BCUT2D eigenvalue weighted by Crippen LogP contribution is 2.28. The second kappa shape index (κ2) is 4.38. The number of halogens is 1. The number of benzene rings is 1. The van der Waals surface area contributed by atoms with Crippen LogP contribution in [0.3, 0.4) is 0 Å². The molecule has 0 radical (unpaired) electrons. The molecule has 0 bridgehead atoms. The quantitative estimate of drug-likeness (QED) is 0.470. The van der Waals surface area contributed by atoms with Crippen LogP contribution in [-0.4, -0.2) is 25.8 Å². The molecule has 19 heavy (non-hydrogen) atoms. The number of fused-ring (bicyclic) bond motifs is 1. The van der Waals surface area contributed by atoms with Gasteiger partial charge in [-0.1, -0.05) is 17.3 Å². The van der Waals surface area contributed by atoms with Crippen LogP contribution >= 0.6 is 0 Å². The van der Waals surface area contributed by atoms with Crippen LogP contribution in [0.25, 0.3) is 11.4 Å². The summed E-state index contributed by atoms with van der Waals surface area (Å²) in [5, 5.41) is 22.3. The van der Waals surface area contributed by atoms with Crippen molar-refractivity contribution in [1.82, 2.24) is 9.71 Å². The number of nitrogens with zero attached hydrogens (tertiary/aromatic N) is 3. The maximum Gasteiger partial charge on any atom is 0.179 e. The van der Waals surface area contributed by atoms with Gasteiger partial charge in [0.1, 0.15) is 17.2 Å². The number of oxime groups is 1. The SMILES string of the molecule is O/N=C1/CCCc2c1nc(-c1ccccc1F)n2O. The van der Waals surface area contributed by atoms with E-state index in [0.29, 0.717) is 29.9 Å². The van der Waals surface area contributed by atoms with Gasteiger partial charge in [-0.15, -0.1) is 0 Å². The Kier molecular flexibility index (Phi) is 2.70. The number of hydrogen-bond donors (Lipinski definition) is 2. The molecule has 0 unspecified atom stereocenters. The Labute approximate surface area is 108 Å². The second-order valence-corrected chi connectivity index (χ2v) is 4.42. The minimum atomic E-state index is -0.456. The van der Waals surface area contributed by atoms with Gasteiger partial charge in [0.2, 0.25) is 0 Å². The molecule has 0 amide bonds. The molecule has 2 N–H and O–H groups in total. The molecule has 0 fully saturated rings. The van der Waals surface area contributed by atoms with Gasteiger partial charge in [0.05, 0.1) is 11.3 Å². The van der Waals surface area contributed by atoms with Gasteiger partial charge in [0.15, 0.2) is 5.82 Å². The highest BCUT2D eigenvalue weighted by molar-refractivity contribution is 6.00. The lowest BCUT2D eigenvalue weighted by atomic mass is 9.99. The van der Waals surface area contributed by atoms with Crippen molar-refractivity contribution in [2.75, 3.05) is 0 Å². The van der Waals surface area contributed by atoms with Crippen LogP contribution < -0.4 is 0 Å². The van der Waals surface area contributed by atoms with Crippen molar-refractivity contribution in [2.24, 2.45) is 5.16 Å². The highest BCUT2D eigenvalue weighted by Gasteiger charge is 2.26. The Morgan fingerprint density at radius 1 is 1.26 bits per heavy atom. The highest BCUT2D eigenvalue weighted by atomic mass is 19.1. The van der Waals surface area contributed by atoms with Crippen molar-refractivity contribution in [2.45, 2.75) is 19.3 Å². The van der Waals surface area contributed by atoms with E-state index in [4.69, 9.17) is 5.21 Å². The van der Waals surface area contributed by atoms with Crippen molar-refractivity contribution in [3.8, 4) is 11.4 Å². The first-order chi connectivity index (χ1) is 9.22. The molecule has 2 aromatic rings. The van der Waals surface area contributed by atoms with Crippen LogP contribution in [0.4, 0.5) is 4.39 Å². The molecule has 0 aliphatic heterocycles. The normalized spacial score (nSPS) is 16.6. The molecule has 1 aromatic heterocycles. The summed E-state index contributed by atoms with van der Waals surface area (Å²) in [4.78, 5) is 4.22. The monoisotopic (exact) mass is 261 g/mol. The maximum atomic E-state index is 13.8. The van der Waals surface area contributed by atoms with Gasteiger partial charge >= 0.3 is 0 Å². The van der Waals surface area contributed by atoms with Gasteiger partial charge in [-0.05, 0) is 31.4 Å². The first-order valence-corrected chi connectivity index (χ1v) is 5.99. The Hall–Kier alpha value is -2.37. The van der Waals surface area contributed by atoms with Crippen LogP contribution in [-0.2, 0) is 6.42 Å². The molecular formula is C13H12FN3O2. The third-order valence-electron chi connectivity index (χ3n) is 3.28. The van der Waals surface area contributed by atoms with E-state index in [1.807, 2.05) is 0 Å². The van der Waals surface area contributed by atoms with Gasteiger partial charge in [-0.2, -0.15) is 4.73 Å². The third kappa shape index (κ3) is 1.76. The van der Waals surface area contributed by atoms with Crippen LogP contribution in [0, 0.1) is 5.82 Å². The lowest BCUT2D eigenvalue weighted by Gasteiger charge is -2.11. The van der Waals surface area contributed by atoms with E-state index in [1.165, 1.54) is 6.07 Å². The zero-order valence-corrected chi connectivity index (χ0v) is 10.0. The first-order valence-electron chi connectivity index (χ1n) is 5.99. The van der Waals surface area contributed by atoms with Crippen LogP contribution in [0.5, 0.6) is 0 Å². The summed E-state index contributed by atoms with van der Waals surface area (Å²) in [6.07, 6.45) is 1.97. The fourth-order valence-electron chi connectivity index (χ4n) is 2.36. The summed E-state index contributed by atoms with van der Waals surface area (Å²) in [5.41, 5.74) is 1.63. The summed E-state index contributed by atoms with van der Waals surface area (Å²) in [6, 6.07) is 6.10. The minimum absolute atomic E-state index is 0.131. The van der Waals surface area contributed by atoms with E-state index in [1.54, 1.807) is 18.2 Å². The van der Waals surface area contributed by atoms with Gasteiger partial charge in [0, 0.05) is 0 Å². The van der Waals surface area contributed by atoms with Gasteiger partial charge in [0.25, 0.3) is 0 Å². The molecule has 0 saturated carbocycles. The fraction of sp³-hybridized carbons (Fsp3) is 0.231. The standard InChI is InChI=1S/C13H12FN3O2/c14-9-5-2-1-4-8(9)13-15-12-10(16-18)6-3-7-11(12)17(13)19/h1-2,4-5,18-19H,3,6-7H2/b16-10-. The first kappa shape index (κ1) is 11.7. The Morgan fingerprint density at radius 3 is 2.79 bits per heavy atom. The Morgan fingerprint density at radius 2 is 2.05 bits per heavy atom. The summed E-state index contributed by atoms with van der Waals surface area (Å²) >= 11 is 0. The molecule has 98 valence electrons. The van der Waals surface area contributed by atoms with E-state index in [0.717, 1.165) is 11.2 Å². The van der Waals surface area contributed by atoms with E-state index in [2.05, 4.69) is 10.1 Å². The molecule has 6 heteroatoms. The van der Waals surface area contributed by atoms with Crippen molar-refractivity contribution in [3.63, 3.8) is 0 Å². The smallest absolute Gasteiger partial charge is 0.179 e. The minimum Gasteiger partial charge on any atom is -0.427 e. The van der Waals surface area contributed by atoms with Gasteiger partial charge in [-0.3, -0.25) is 0 Å². The molecular weight excluding hydrogens is 249 g/mol. The molecule has 5 nitrogen and oxygen atoms in total. The van der Waals surface area contributed by atoms with Crippen molar-refractivity contribution >= 4 is 5.71 Å². The summed E-state index contributed by atoms with van der Waals surface area (Å²) < 4.78 is 14.6. The van der Waals surface area contributed by atoms with Gasteiger partial charge < -0.3 is 10.4 Å². The topological polar surface area (TPSA) is 70.6 Å². The average molecular weight is 261 g/mol. The van der Waals surface area contributed by atoms with Crippen molar-refractivity contribution in [3.05, 3.63) is 41.5 Å². The molecule has 3 rings (SSSR count). The van der Waals surface area contributed by atoms with E-state index >= 15 is 0 Å². The van der Waals surface area contributed by atoms with E-state index < -0.39 is 5.82 Å². The maximum absolute atomic E-state index is 13.8. The lowest BCUT2D eigenvalue weighted by Crippen LogP contribution is -2.13. The molecule has 1 aliphatic rings. The van der Waals surface area contributed by atoms with E-state index in [-0.39, 0.29) is 11.4 Å². The average Bonchev–Trinajstić information content (AvgIpc) is 2.77. The molecule has 0 saturated heterocycles. The summed E-state index contributed by atoms with van der Waals surface area (Å²) in [6.45, 7) is 0. The second-order valence-electron chi connectivity index (χ2n) is 4.42. The Balaban J connectivity index is 2.20. The van der Waals surface area contributed by atoms with E-state index in [9.17, 15) is 9.60 Å². The molecule has 1 aromatic carbocycles. The number of aromatic nitrogens is 2. The van der Waals surface area contributed by atoms with Crippen molar-refractivity contribution < 1.29 is 14.8 Å². The van der Waals surface area contributed by atoms with Crippen molar-refractivity contribution in [1.29, 1.82) is 0 Å². The van der Waals surface area contributed by atoms with Crippen LogP contribution in [0.2, 0.25) is 0 Å². The largest absolute Gasteiger partial charge is 0.427 e. The molecule has 1 aliphatic carbocycles. The zero-order valence-electron chi connectivity index (χ0n) is 10.0. The van der Waals surface area contributed by atoms with Crippen LogP contribution in [0.15, 0.2) is 29.4 Å². The molecule has 1 heterocycles. The Bertz CT molecular complexity index is 664. The molecule has 0 spiro atoms. The predicted molar refractivity (Wildman–Crippen MR) is 66.1 cm³/mol. The fourth-order valence-corrected chi connectivity index (χ4v) is 2.36. The predicted octanol–water partition coefficient (Wildman–Crippen LogP) is 2.44. The number of imidazole rings is 1. The number of rotatable bonds is 1.